The molecule has 0 N–H and O–H groups in total. The van der Waals surface area contributed by atoms with Crippen molar-refractivity contribution in [1.29, 1.82) is 0 Å². The second-order valence-electron chi connectivity index (χ2n) is 5.26. The van der Waals surface area contributed by atoms with Crippen LogP contribution in [0.4, 0.5) is 0 Å². The van der Waals surface area contributed by atoms with Gasteiger partial charge >= 0.3 is 0 Å². The van der Waals surface area contributed by atoms with Gasteiger partial charge in [0, 0.05) is 6.42 Å². The molecule has 6 heteroatoms. The number of aromatic nitrogens is 4. The molecular weight excluding hydrogens is 324 g/mol. The highest BCUT2D eigenvalue weighted by Crippen LogP contribution is 2.24. The minimum atomic E-state index is 0.829. The maximum Gasteiger partial charge on any atom is 0.234 e. The lowest BCUT2D eigenvalue weighted by Gasteiger charge is -2.04. The second kappa shape index (κ2) is 6.29. The van der Waals surface area contributed by atoms with Crippen molar-refractivity contribution in [2.45, 2.75) is 19.1 Å². The van der Waals surface area contributed by atoms with Crippen LogP contribution < -0.4 is 0 Å². The van der Waals surface area contributed by atoms with Gasteiger partial charge in [0.15, 0.2) is 5.82 Å². The van der Waals surface area contributed by atoms with E-state index in [1.165, 1.54) is 16.3 Å². The molecule has 4 aromatic rings. The summed E-state index contributed by atoms with van der Waals surface area (Å²) in [7, 11) is 0. The molecule has 4 nitrogen and oxygen atoms in total. The molecule has 0 spiro atoms. The number of benzene rings is 2. The van der Waals surface area contributed by atoms with Crippen LogP contribution in [0, 0.1) is 0 Å². The summed E-state index contributed by atoms with van der Waals surface area (Å²) in [6.07, 6.45) is 0.829. The standard InChI is InChI=1S/C17H16N4S2/c1-2-22-11-15-18-19-17-21(15)20-16(23-17)10-13-8-5-7-12-6-3-4-9-14(12)13/h3-9H,2,10-11H2,1H3. The summed E-state index contributed by atoms with van der Waals surface area (Å²) in [4.78, 5) is 0.881. The van der Waals surface area contributed by atoms with E-state index in [-0.39, 0.29) is 0 Å². The Labute approximate surface area is 142 Å². The van der Waals surface area contributed by atoms with Crippen LogP contribution in [0.1, 0.15) is 23.3 Å². The van der Waals surface area contributed by atoms with Gasteiger partial charge in [-0.1, -0.05) is 60.7 Å². The second-order valence-corrected chi connectivity index (χ2v) is 7.57. The fourth-order valence-corrected chi connectivity index (χ4v) is 4.10. The fourth-order valence-electron chi connectivity index (χ4n) is 2.66. The molecule has 0 saturated carbocycles. The van der Waals surface area contributed by atoms with E-state index in [1.54, 1.807) is 11.3 Å². The van der Waals surface area contributed by atoms with E-state index in [2.05, 4.69) is 59.6 Å². The van der Waals surface area contributed by atoms with Crippen LogP contribution in [0.3, 0.4) is 0 Å². The smallest absolute Gasteiger partial charge is 0.186 e. The Morgan fingerprint density at radius 3 is 2.87 bits per heavy atom. The molecular formula is C17H16N4S2. The Kier molecular flexibility index (Phi) is 4.01. The van der Waals surface area contributed by atoms with E-state index in [0.717, 1.165) is 33.7 Å². The highest BCUT2D eigenvalue weighted by molar-refractivity contribution is 7.98. The van der Waals surface area contributed by atoms with Crippen molar-refractivity contribution in [1.82, 2.24) is 19.8 Å². The van der Waals surface area contributed by atoms with E-state index in [0.29, 0.717) is 0 Å². The van der Waals surface area contributed by atoms with Crippen molar-refractivity contribution in [3.8, 4) is 0 Å². The van der Waals surface area contributed by atoms with Crippen LogP contribution in [0.5, 0.6) is 0 Å². The van der Waals surface area contributed by atoms with Crippen molar-refractivity contribution in [3.63, 3.8) is 0 Å². The highest BCUT2D eigenvalue weighted by Gasteiger charge is 2.12. The molecule has 2 heterocycles. The Morgan fingerprint density at radius 2 is 1.96 bits per heavy atom. The average molecular weight is 340 g/mol. The molecule has 23 heavy (non-hydrogen) atoms. The van der Waals surface area contributed by atoms with E-state index in [1.807, 2.05) is 16.3 Å². The number of thioether (sulfide) groups is 1. The van der Waals surface area contributed by atoms with E-state index >= 15 is 0 Å². The third kappa shape index (κ3) is 2.84. The molecule has 0 fully saturated rings. The minimum Gasteiger partial charge on any atom is -0.186 e. The van der Waals surface area contributed by atoms with Gasteiger partial charge in [0.05, 0.1) is 5.75 Å². The summed E-state index contributed by atoms with van der Waals surface area (Å²) in [6, 6.07) is 14.9. The number of hydrogen-bond donors (Lipinski definition) is 0. The summed E-state index contributed by atoms with van der Waals surface area (Å²) >= 11 is 3.46. The molecule has 0 aliphatic carbocycles. The van der Waals surface area contributed by atoms with Crippen LogP contribution in [0.2, 0.25) is 0 Å². The molecule has 2 aromatic carbocycles. The van der Waals surface area contributed by atoms with Crippen molar-refractivity contribution >= 4 is 38.8 Å². The van der Waals surface area contributed by atoms with E-state index in [9.17, 15) is 0 Å². The van der Waals surface area contributed by atoms with Crippen LogP contribution >= 0.6 is 23.1 Å². The molecule has 4 rings (SSSR count). The summed E-state index contributed by atoms with van der Waals surface area (Å²) < 4.78 is 1.90. The van der Waals surface area contributed by atoms with Crippen molar-refractivity contribution in [3.05, 3.63) is 58.9 Å². The van der Waals surface area contributed by atoms with Gasteiger partial charge < -0.3 is 0 Å². The molecule has 0 radical (unpaired) electrons. The monoisotopic (exact) mass is 340 g/mol. The van der Waals surface area contributed by atoms with Gasteiger partial charge in [0.25, 0.3) is 0 Å². The van der Waals surface area contributed by atoms with Crippen LogP contribution in [-0.2, 0) is 12.2 Å². The molecule has 0 saturated heterocycles. The van der Waals surface area contributed by atoms with E-state index < -0.39 is 0 Å². The number of nitrogens with zero attached hydrogens (tertiary/aromatic N) is 4. The first-order valence-electron chi connectivity index (χ1n) is 7.59. The Balaban J connectivity index is 1.68. The van der Waals surface area contributed by atoms with Gasteiger partial charge in [0.1, 0.15) is 5.01 Å². The van der Waals surface area contributed by atoms with Crippen molar-refractivity contribution < 1.29 is 0 Å². The molecule has 116 valence electrons. The van der Waals surface area contributed by atoms with Crippen LogP contribution in [0.15, 0.2) is 42.5 Å². The molecule has 2 aromatic heterocycles. The zero-order valence-corrected chi connectivity index (χ0v) is 14.4. The van der Waals surface area contributed by atoms with Gasteiger partial charge in [-0.15, -0.1) is 10.2 Å². The van der Waals surface area contributed by atoms with Gasteiger partial charge in [-0.25, -0.2) is 0 Å². The lowest BCUT2D eigenvalue weighted by molar-refractivity contribution is 0.857. The molecule has 0 aliphatic rings. The average Bonchev–Trinajstić information content (AvgIpc) is 3.14. The largest absolute Gasteiger partial charge is 0.234 e. The zero-order chi connectivity index (χ0) is 15.6. The first-order chi connectivity index (χ1) is 11.3. The minimum absolute atomic E-state index is 0.829. The number of rotatable bonds is 5. The predicted molar refractivity (Wildman–Crippen MR) is 97.2 cm³/mol. The summed E-state index contributed by atoms with van der Waals surface area (Å²) in [5, 5.41) is 16.9. The van der Waals surface area contributed by atoms with Crippen molar-refractivity contribution in [2.24, 2.45) is 0 Å². The lowest BCUT2D eigenvalue weighted by Crippen LogP contribution is -1.96. The lowest BCUT2D eigenvalue weighted by atomic mass is 10.0. The zero-order valence-electron chi connectivity index (χ0n) is 12.8. The Bertz CT molecular complexity index is 952. The van der Waals surface area contributed by atoms with E-state index in [4.69, 9.17) is 5.10 Å². The van der Waals surface area contributed by atoms with Crippen LogP contribution in [-0.4, -0.2) is 25.6 Å². The SMILES string of the molecule is CCSCc1nnc2sc(Cc3cccc4ccccc34)nn12. The maximum absolute atomic E-state index is 4.72. The van der Waals surface area contributed by atoms with Crippen LogP contribution in [0.25, 0.3) is 15.7 Å². The first kappa shape index (κ1) is 14.7. The third-order valence-corrected chi connectivity index (χ3v) is 5.52. The summed E-state index contributed by atoms with van der Waals surface area (Å²) in [5.41, 5.74) is 1.30. The summed E-state index contributed by atoms with van der Waals surface area (Å²) in [5.74, 6) is 2.86. The first-order valence-corrected chi connectivity index (χ1v) is 9.56. The predicted octanol–water partition coefficient (Wildman–Crippen LogP) is 4.18. The molecule has 0 amide bonds. The third-order valence-electron chi connectivity index (χ3n) is 3.75. The molecule has 0 bridgehead atoms. The van der Waals surface area contributed by atoms with Gasteiger partial charge in [-0.2, -0.15) is 21.4 Å². The van der Waals surface area contributed by atoms with Gasteiger partial charge in [-0.05, 0) is 22.1 Å². The summed E-state index contributed by atoms with van der Waals surface area (Å²) in [6.45, 7) is 2.15. The molecule has 0 atom stereocenters. The molecule has 0 unspecified atom stereocenters. The van der Waals surface area contributed by atoms with Gasteiger partial charge in [-0.3, -0.25) is 0 Å². The quantitative estimate of drug-likeness (QED) is 0.546. The number of fused-ring (bicyclic) bond motifs is 2. The maximum atomic E-state index is 4.72. The van der Waals surface area contributed by atoms with Gasteiger partial charge in [0.2, 0.25) is 4.96 Å². The topological polar surface area (TPSA) is 43.1 Å². The van der Waals surface area contributed by atoms with Crippen molar-refractivity contribution in [2.75, 3.05) is 5.75 Å². The molecule has 0 aliphatic heterocycles. The normalized spacial score (nSPS) is 11.5. The fraction of sp³-hybridized carbons (Fsp3) is 0.235. The Hall–Kier alpha value is -1.92. The number of hydrogen-bond acceptors (Lipinski definition) is 5. The Morgan fingerprint density at radius 1 is 1.09 bits per heavy atom. The highest BCUT2D eigenvalue weighted by atomic mass is 32.2.